The van der Waals surface area contributed by atoms with Gasteiger partial charge in [-0.1, -0.05) is 0 Å². The minimum absolute atomic E-state index is 0.00395. The summed E-state index contributed by atoms with van der Waals surface area (Å²) in [5.74, 6) is 2.39. The monoisotopic (exact) mass is 474 g/mol. The second-order valence-electron chi connectivity index (χ2n) is 6.91. The SMILES string of the molecule is CCOc1cc(-c2oc3cc(OC)c(OC)c(OCC)c3c(=O)c2OC)cc(OCC)c1OC. The Balaban J connectivity index is 2.42. The van der Waals surface area contributed by atoms with Crippen molar-refractivity contribution in [3.8, 4) is 51.6 Å². The highest BCUT2D eigenvalue weighted by Gasteiger charge is 2.26. The Morgan fingerprint density at radius 2 is 1.21 bits per heavy atom. The third kappa shape index (κ3) is 4.37. The molecule has 0 spiro atoms. The molecule has 0 saturated heterocycles. The molecule has 0 aliphatic heterocycles. The molecule has 2 aromatic carbocycles. The van der Waals surface area contributed by atoms with E-state index in [0.29, 0.717) is 54.1 Å². The Kier molecular flexibility index (Phi) is 7.99. The van der Waals surface area contributed by atoms with Gasteiger partial charge >= 0.3 is 0 Å². The van der Waals surface area contributed by atoms with Gasteiger partial charge in [-0.25, -0.2) is 0 Å². The lowest BCUT2D eigenvalue weighted by atomic mass is 10.1. The van der Waals surface area contributed by atoms with Crippen LogP contribution >= 0.6 is 0 Å². The van der Waals surface area contributed by atoms with Gasteiger partial charge < -0.3 is 37.6 Å². The summed E-state index contributed by atoms with van der Waals surface area (Å²) in [5.41, 5.74) is 0.333. The minimum Gasteiger partial charge on any atom is -0.493 e. The fourth-order valence-electron chi connectivity index (χ4n) is 3.70. The normalized spacial score (nSPS) is 10.7. The van der Waals surface area contributed by atoms with Crippen molar-refractivity contribution in [1.29, 1.82) is 0 Å². The van der Waals surface area contributed by atoms with Crippen molar-refractivity contribution >= 4 is 11.0 Å². The van der Waals surface area contributed by atoms with Crippen molar-refractivity contribution in [3.63, 3.8) is 0 Å². The lowest BCUT2D eigenvalue weighted by molar-refractivity contribution is 0.282. The highest BCUT2D eigenvalue weighted by Crippen LogP contribution is 2.47. The first-order valence-corrected chi connectivity index (χ1v) is 10.9. The molecule has 9 heteroatoms. The van der Waals surface area contributed by atoms with Gasteiger partial charge in [-0.15, -0.1) is 0 Å². The van der Waals surface area contributed by atoms with Gasteiger partial charge in [-0.3, -0.25) is 4.79 Å². The van der Waals surface area contributed by atoms with E-state index in [1.54, 1.807) is 25.1 Å². The standard InChI is InChI=1S/C25H30O9/c1-8-31-17-11-14(12-18(32-9-2)22(17)28-5)21-25(30-7)20(26)19-15(34-21)13-16(27-4)23(29-6)24(19)33-10-3/h11-13H,8-10H2,1-7H3. The summed E-state index contributed by atoms with van der Waals surface area (Å²) >= 11 is 0. The smallest absolute Gasteiger partial charge is 0.239 e. The molecule has 1 aromatic heterocycles. The third-order valence-electron chi connectivity index (χ3n) is 5.02. The van der Waals surface area contributed by atoms with Crippen LogP contribution in [0.5, 0.6) is 40.2 Å². The van der Waals surface area contributed by atoms with Crippen LogP contribution in [0.4, 0.5) is 0 Å². The second-order valence-corrected chi connectivity index (χ2v) is 6.91. The number of hydrogen-bond donors (Lipinski definition) is 0. The van der Waals surface area contributed by atoms with Crippen molar-refractivity contribution in [1.82, 2.24) is 0 Å². The lowest BCUT2D eigenvalue weighted by Crippen LogP contribution is -2.11. The number of benzene rings is 2. The van der Waals surface area contributed by atoms with E-state index in [0.717, 1.165) is 0 Å². The zero-order chi connectivity index (χ0) is 24.8. The fraction of sp³-hybridized carbons (Fsp3) is 0.400. The van der Waals surface area contributed by atoms with Crippen LogP contribution in [-0.4, -0.2) is 48.3 Å². The zero-order valence-corrected chi connectivity index (χ0v) is 20.5. The largest absolute Gasteiger partial charge is 0.493 e. The average molecular weight is 475 g/mol. The van der Waals surface area contributed by atoms with E-state index in [-0.39, 0.29) is 28.2 Å². The van der Waals surface area contributed by atoms with Gasteiger partial charge in [0.05, 0.1) is 48.3 Å². The lowest BCUT2D eigenvalue weighted by Gasteiger charge is -2.18. The van der Waals surface area contributed by atoms with Gasteiger partial charge in [-0.05, 0) is 32.9 Å². The number of rotatable bonds is 11. The summed E-state index contributed by atoms with van der Waals surface area (Å²) in [7, 11) is 5.90. The van der Waals surface area contributed by atoms with E-state index in [2.05, 4.69) is 0 Å². The summed E-state index contributed by atoms with van der Waals surface area (Å²) in [5, 5.41) is 0.184. The van der Waals surface area contributed by atoms with Crippen molar-refractivity contribution in [3.05, 3.63) is 28.4 Å². The van der Waals surface area contributed by atoms with Gasteiger partial charge in [-0.2, -0.15) is 0 Å². The van der Waals surface area contributed by atoms with Gasteiger partial charge in [0, 0.05) is 11.6 Å². The Bertz CT molecular complexity index is 1190. The van der Waals surface area contributed by atoms with Gasteiger partial charge in [0.25, 0.3) is 0 Å². The van der Waals surface area contributed by atoms with Crippen LogP contribution in [-0.2, 0) is 0 Å². The summed E-state index contributed by atoms with van der Waals surface area (Å²) in [6.07, 6.45) is 0. The first-order chi connectivity index (χ1) is 16.5. The number of fused-ring (bicyclic) bond motifs is 1. The molecule has 0 amide bonds. The molecule has 0 bridgehead atoms. The Morgan fingerprint density at radius 1 is 0.647 bits per heavy atom. The van der Waals surface area contributed by atoms with Gasteiger partial charge in [0.1, 0.15) is 11.0 Å². The van der Waals surface area contributed by atoms with E-state index in [4.69, 9.17) is 37.6 Å². The highest BCUT2D eigenvalue weighted by molar-refractivity contribution is 5.92. The maximum absolute atomic E-state index is 13.6. The first-order valence-electron chi connectivity index (χ1n) is 10.9. The predicted octanol–water partition coefficient (Wildman–Crippen LogP) is 4.69. The molecule has 184 valence electrons. The molecule has 3 aromatic rings. The predicted molar refractivity (Wildman–Crippen MR) is 128 cm³/mol. The van der Waals surface area contributed by atoms with Crippen molar-refractivity contribution in [2.45, 2.75) is 20.8 Å². The fourth-order valence-corrected chi connectivity index (χ4v) is 3.70. The summed E-state index contributed by atoms with van der Waals surface area (Å²) in [6.45, 7) is 6.63. The molecule has 0 aliphatic rings. The van der Waals surface area contributed by atoms with Crippen LogP contribution in [0.25, 0.3) is 22.3 Å². The van der Waals surface area contributed by atoms with E-state index >= 15 is 0 Å². The molecular formula is C25H30O9. The molecule has 0 fully saturated rings. The van der Waals surface area contributed by atoms with E-state index in [1.165, 1.54) is 28.4 Å². The Labute approximate surface area is 198 Å². The van der Waals surface area contributed by atoms with E-state index in [9.17, 15) is 4.79 Å². The van der Waals surface area contributed by atoms with Gasteiger partial charge in [0.15, 0.2) is 28.8 Å². The van der Waals surface area contributed by atoms with E-state index in [1.807, 2.05) is 13.8 Å². The zero-order valence-electron chi connectivity index (χ0n) is 20.5. The molecule has 34 heavy (non-hydrogen) atoms. The molecule has 0 unspecified atom stereocenters. The van der Waals surface area contributed by atoms with Crippen molar-refractivity contribution in [2.24, 2.45) is 0 Å². The van der Waals surface area contributed by atoms with Crippen LogP contribution in [0, 0.1) is 0 Å². The summed E-state index contributed by atoms with van der Waals surface area (Å²) < 4.78 is 45.4. The van der Waals surface area contributed by atoms with Gasteiger partial charge in [0.2, 0.25) is 22.7 Å². The Morgan fingerprint density at radius 3 is 1.68 bits per heavy atom. The van der Waals surface area contributed by atoms with Crippen LogP contribution in [0.1, 0.15) is 20.8 Å². The topological polar surface area (TPSA) is 94.8 Å². The van der Waals surface area contributed by atoms with Crippen LogP contribution in [0.3, 0.4) is 0 Å². The summed E-state index contributed by atoms with van der Waals surface area (Å²) in [6, 6.07) is 5.00. The number of ether oxygens (including phenoxy) is 7. The molecular weight excluding hydrogens is 444 g/mol. The number of methoxy groups -OCH3 is 4. The molecule has 0 radical (unpaired) electrons. The molecule has 0 atom stereocenters. The molecule has 0 N–H and O–H groups in total. The molecule has 3 rings (SSSR count). The highest BCUT2D eigenvalue weighted by atomic mass is 16.5. The van der Waals surface area contributed by atoms with Crippen molar-refractivity contribution in [2.75, 3.05) is 48.3 Å². The number of hydrogen-bond acceptors (Lipinski definition) is 9. The van der Waals surface area contributed by atoms with Crippen molar-refractivity contribution < 1.29 is 37.6 Å². The third-order valence-corrected chi connectivity index (χ3v) is 5.02. The molecule has 9 nitrogen and oxygen atoms in total. The molecule has 1 heterocycles. The summed E-state index contributed by atoms with van der Waals surface area (Å²) in [4.78, 5) is 13.6. The van der Waals surface area contributed by atoms with Crippen LogP contribution in [0.2, 0.25) is 0 Å². The average Bonchev–Trinajstić information content (AvgIpc) is 2.83. The quantitative estimate of drug-likeness (QED) is 0.392. The second kappa shape index (κ2) is 10.9. The van der Waals surface area contributed by atoms with Crippen LogP contribution < -0.4 is 38.6 Å². The molecule has 0 aliphatic carbocycles. The maximum atomic E-state index is 13.6. The maximum Gasteiger partial charge on any atom is 0.239 e. The first kappa shape index (κ1) is 24.9. The molecule has 0 saturated carbocycles. The Hall–Kier alpha value is -3.75. The van der Waals surface area contributed by atoms with Crippen LogP contribution in [0.15, 0.2) is 27.4 Å². The minimum atomic E-state index is -0.421. The van der Waals surface area contributed by atoms with E-state index < -0.39 is 5.43 Å².